The van der Waals surface area contributed by atoms with Crippen LogP contribution in [0.4, 0.5) is 0 Å². The lowest BCUT2D eigenvalue weighted by Crippen LogP contribution is -2.50. The molecule has 0 aliphatic rings. The Balaban J connectivity index is 4.04. The van der Waals surface area contributed by atoms with E-state index < -0.39 is 24.0 Å². The van der Waals surface area contributed by atoms with Crippen molar-refractivity contribution in [2.24, 2.45) is 5.73 Å². The number of nitrogens with two attached hydrogens (primary N) is 1. The largest absolute Gasteiger partial charge is 0.464 e. The molecule has 4 N–H and O–H groups in total. The summed E-state index contributed by atoms with van der Waals surface area (Å²) >= 11 is 0. The number of esters is 1. The minimum absolute atomic E-state index is 0.176. The molecule has 14 heavy (non-hydrogen) atoms. The lowest BCUT2D eigenvalue weighted by molar-refractivity contribution is -0.148. The zero-order valence-electron chi connectivity index (χ0n) is 8.32. The molecular weight excluding hydrogens is 188 g/mol. The molecule has 2 atom stereocenters. The van der Waals surface area contributed by atoms with Crippen molar-refractivity contribution in [2.45, 2.75) is 25.9 Å². The van der Waals surface area contributed by atoms with Gasteiger partial charge in [0.15, 0.2) is 6.04 Å². The van der Waals surface area contributed by atoms with E-state index in [1.807, 2.05) is 0 Å². The van der Waals surface area contributed by atoms with Crippen molar-refractivity contribution in [1.82, 2.24) is 5.32 Å². The number of hydrogen-bond donors (Lipinski definition) is 3. The summed E-state index contributed by atoms with van der Waals surface area (Å²) in [6, 6.07) is -1.76. The molecule has 0 heterocycles. The van der Waals surface area contributed by atoms with Crippen molar-refractivity contribution >= 4 is 11.9 Å². The molecule has 82 valence electrons. The van der Waals surface area contributed by atoms with Crippen LogP contribution in [-0.4, -0.2) is 42.3 Å². The molecule has 0 saturated carbocycles. The van der Waals surface area contributed by atoms with E-state index in [0.29, 0.717) is 0 Å². The monoisotopic (exact) mass is 204 g/mol. The molecule has 6 nitrogen and oxygen atoms in total. The Kier molecular flexibility index (Phi) is 5.82. The Labute approximate surface area is 82.4 Å². The molecule has 0 aromatic rings. The van der Waals surface area contributed by atoms with Crippen molar-refractivity contribution in [3.05, 3.63) is 0 Å². The van der Waals surface area contributed by atoms with Crippen LogP contribution in [0.1, 0.15) is 13.8 Å². The van der Waals surface area contributed by atoms with Gasteiger partial charge in [-0.15, -0.1) is 0 Å². The van der Waals surface area contributed by atoms with E-state index >= 15 is 0 Å². The van der Waals surface area contributed by atoms with Crippen molar-refractivity contribution in [2.75, 3.05) is 13.2 Å². The van der Waals surface area contributed by atoms with Gasteiger partial charge >= 0.3 is 5.97 Å². The maximum atomic E-state index is 11.2. The van der Waals surface area contributed by atoms with Gasteiger partial charge in [0.2, 0.25) is 5.91 Å². The highest BCUT2D eigenvalue weighted by molar-refractivity contribution is 6.01. The molecule has 0 fully saturated rings. The van der Waals surface area contributed by atoms with Gasteiger partial charge in [-0.25, -0.2) is 4.79 Å². The summed E-state index contributed by atoms with van der Waals surface area (Å²) in [7, 11) is 0. The number of aliphatic hydroxyl groups excluding tert-OH is 1. The molecule has 6 heteroatoms. The zero-order valence-corrected chi connectivity index (χ0v) is 8.32. The molecule has 0 aromatic carbocycles. The fourth-order valence-electron chi connectivity index (χ4n) is 0.717. The van der Waals surface area contributed by atoms with E-state index in [1.165, 1.54) is 0 Å². The summed E-state index contributed by atoms with van der Waals surface area (Å²) in [6.07, 6.45) is 0. The lowest BCUT2D eigenvalue weighted by Gasteiger charge is -2.14. The number of aliphatic hydroxyl groups is 1. The number of carbonyl (C=O) groups excluding carboxylic acids is 2. The first-order valence-electron chi connectivity index (χ1n) is 4.36. The predicted molar refractivity (Wildman–Crippen MR) is 49.3 cm³/mol. The number of amides is 1. The molecule has 0 aromatic heterocycles. The summed E-state index contributed by atoms with van der Waals surface area (Å²) in [4.78, 5) is 22.2. The van der Waals surface area contributed by atoms with E-state index in [4.69, 9.17) is 10.8 Å². The van der Waals surface area contributed by atoms with Crippen molar-refractivity contribution in [3.63, 3.8) is 0 Å². The second-order valence-corrected chi connectivity index (χ2v) is 2.82. The first kappa shape index (κ1) is 12.9. The number of carbonyl (C=O) groups is 2. The highest BCUT2D eigenvalue weighted by atomic mass is 16.5. The highest BCUT2D eigenvalue weighted by Gasteiger charge is 2.23. The summed E-state index contributed by atoms with van der Waals surface area (Å²) < 4.78 is 4.55. The van der Waals surface area contributed by atoms with E-state index in [-0.39, 0.29) is 13.2 Å². The van der Waals surface area contributed by atoms with Crippen LogP contribution in [0.15, 0.2) is 0 Å². The lowest BCUT2D eigenvalue weighted by atomic mass is 10.2. The Morgan fingerprint density at radius 1 is 1.57 bits per heavy atom. The minimum atomic E-state index is -1.33. The number of ether oxygens (including phenoxy) is 1. The van der Waals surface area contributed by atoms with Gasteiger partial charge in [0.05, 0.1) is 13.2 Å². The normalized spacial score (nSPS) is 14.3. The van der Waals surface area contributed by atoms with Crippen LogP contribution in [0.2, 0.25) is 0 Å². The highest BCUT2D eigenvalue weighted by Crippen LogP contribution is 1.88. The summed E-state index contributed by atoms with van der Waals surface area (Å²) in [5.74, 6) is -1.42. The number of nitrogens with one attached hydrogen (secondary N) is 1. The van der Waals surface area contributed by atoms with Crippen LogP contribution >= 0.6 is 0 Å². The van der Waals surface area contributed by atoms with Crippen LogP contribution < -0.4 is 11.1 Å². The zero-order chi connectivity index (χ0) is 11.1. The average molecular weight is 204 g/mol. The first-order valence-corrected chi connectivity index (χ1v) is 4.36. The van der Waals surface area contributed by atoms with Gasteiger partial charge < -0.3 is 20.9 Å². The van der Waals surface area contributed by atoms with Gasteiger partial charge in [-0.1, -0.05) is 0 Å². The van der Waals surface area contributed by atoms with Crippen molar-refractivity contribution in [3.8, 4) is 0 Å². The van der Waals surface area contributed by atoms with Crippen LogP contribution in [0.25, 0.3) is 0 Å². The average Bonchev–Trinajstić information content (AvgIpc) is 2.16. The molecule has 0 radical (unpaired) electrons. The van der Waals surface area contributed by atoms with Gasteiger partial charge in [0.25, 0.3) is 0 Å². The van der Waals surface area contributed by atoms with E-state index in [0.717, 1.165) is 0 Å². The summed E-state index contributed by atoms with van der Waals surface area (Å²) in [5, 5.41) is 11.0. The topological polar surface area (TPSA) is 102 Å². The molecular formula is C8H16N2O4. The fraction of sp³-hybridized carbons (Fsp3) is 0.750. The standard InChI is InChI=1S/C8H16N2O4/c1-3-14-8(13)6(9)7(12)10-5(2)4-11/h5-6,11H,3-4,9H2,1-2H3,(H,10,12)/t5-,6?/m1/s1. The molecule has 0 rings (SSSR count). The van der Waals surface area contributed by atoms with E-state index in [9.17, 15) is 9.59 Å². The quantitative estimate of drug-likeness (QED) is 0.369. The van der Waals surface area contributed by atoms with Crippen LogP contribution in [0.3, 0.4) is 0 Å². The molecule has 1 amide bonds. The predicted octanol–water partition coefficient (Wildman–Crippen LogP) is -1.63. The summed E-state index contributed by atoms with van der Waals surface area (Å²) in [5.41, 5.74) is 5.28. The third-order valence-electron chi connectivity index (χ3n) is 1.49. The van der Waals surface area contributed by atoms with Crippen LogP contribution in [-0.2, 0) is 14.3 Å². The third kappa shape index (κ3) is 4.20. The number of rotatable bonds is 5. The van der Waals surface area contributed by atoms with Crippen LogP contribution in [0.5, 0.6) is 0 Å². The number of hydrogen-bond acceptors (Lipinski definition) is 5. The van der Waals surface area contributed by atoms with Gasteiger partial charge in [0, 0.05) is 6.04 Å². The van der Waals surface area contributed by atoms with Crippen molar-refractivity contribution < 1.29 is 19.4 Å². The van der Waals surface area contributed by atoms with E-state index in [1.54, 1.807) is 13.8 Å². The summed E-state index contributed by atoms with van der Waals surface area (Å²) in [6.45, 7) is 3.19. The Bertz CT molecular complexity index is 208. The third-order valence-corrected chi connectivity index (χ3v) is 1.49. The second kappa shape index (κ2) is 6.33. The van der Waals surface area contributed by atoms with Gasteiger partial charge in [0.1, 0.15) is 0 Å². The van der Waals surface area contributed by atoms with Crippen molar-refractivity contribution in [1.29, 1.82) is 0 Å². The van der Waals surface area contributed by atoms with E-state index in [2.05, 4.69) is 10.1 Å². The Morgan fingerprint density at radius 3 is 2.57 bits per heavy atom. The molecule has 0 bridgehead atoms. The minimum Gasteiger partial charge on any atom is -0.464 e. The smallest absolute Gasteiger partial charge is 0.332 e. The van der Waals surface area contributed by atoms with Gasteiger partial charge in [-0.3, -0.25) is 4.79 Å². The first-order chi connectivity index (χ1) is 6.52. The van der Waals surface area contributed by atoms with Gasteiger partial charge in [-0.05, 0) is 13.8 Å². The van der Waals surface area contributed by atoms with Gasteiger partial charge in [-0.2, -0.15) is 0 Å². The Morgan fingerprint density at radius 2 is 2.14 bits per heavy atom. The molecule has 0 aliphatic heterocycles. The molecule has 1 unspecified atom stereocenters. The second-order valence-electron chi connectivity index (χ2n) is 2.82. The van der Waals surface area contributed by atoms with Crippen LogP contribution in [0, 0.1) is 0 Å². The molecule has 0 aliphatic carbocycles. The fourth-order valence-corrected chi connectivity index (χ4v) is 0.717. The maximum absolute atomic E-state index is 11.2. The Hall–Kier alpha value is -1.14. The molecule has 0 spiro atoms. The maximum Gasteiger partial charge on any atom is 0.332 e. The molecule has 0 saturated heterocycles. The SMILES string of the molecule is CCOC(=O)C(N)C(=O)N[C@H](C)CO.